The first-order valence-corrected chi connectivity index (χ1v) is 8.49. The van der Waals surface area contributed by atoms with Crippen LogP contribution in [0.5, 0.6) is 0 Å². The Hall–Kier alpha value is -2.15. The first kappa shape index (κ1) is 15.4. The number of rotatable bonds is 3. The van der Waals surface area contributed by atoms with Crippen LogP contribution in [0.1, 0.15) is 18.7 Å². The molecular weight excluding hydrogens is 309 g/mol. The van der Waals surface area contributed by atoms with Gasteiger partial charge in [0.05, 0.1) is 12.1 Å². The van der Waals surface area contributed by atoms with Gasteiger partial charge in [-0.3, -0.25) is 4.90 Å². The number of nitrogens with one attached hydrogen (secondary N) is 1. The van der Waals surface area contributed by atoms with E-state index < -0.39 is 0 Å². The molecule has 0 saturated carbocycles. The minimum atomic E-state index is -0.287. The van der Waals surface area contributed by atoms with Gasteiger partial charge in [-0.15, -0.1) is 0 Å². The van der Waals surface area contributed by atoms with Crippen molar-refractivity contribution >= 4 is 17.1 Å². The Morgan fingerprint density at radius 2 is 2.04 bits per heavy atom. The van der Waals surface area contributed by atoms with Crippen molar-refractivity contribution in [2.75, 3.05) is 33.2 Å². The van der Waals surface area contributed by atoms with Crippen LogP contribution >= 0.6 is 0 Å². The molecular formula is C17H22FN5O. The quantitative estimate of drug-likeness (QED) is 0.936. The third-order valence-corrected chi connectivity index (χ3v) is 5.13. The molecule has 1 aromatic heterocycles. The van der Waals surface area contributed by atoms with Crippen LogP contribution in [0.25, 0.3) is 11.0 Å². The summed E-state index contributed by atoms with van der Waals surface area (Å²) in [5, 5.41) is 0. The van der Waals surface area contributed by atoms with Crippen LogP contribution in [-0.4, -0.2) is 70.0 Å². The lowest BCUT2D eigenvalue weighted by molar-refractivity contribution is 0.126. The van der Waals surface area contributed by atoms with E-state index in [1.54, 1.807) is 11.0 Å². The van der Waals surface area contributed by atoms with E-state index in [0.717, 1.165) is 50.4 Å². The molecule has 0 unspecified atom stereocenters. The van der Waals surface area contributed by atoms with Crippen molar-refractivity contribution in [2.45, 2.75) is 25.4 Å². The number of carbonyl (C=O) groups excluding carboxylic acids is 1. The molecule has 0 radical (unpaired) electrons. The number of halogens is 1. The van der Waals surface area contributed by atoms with Crippen molar-refractivity contribution in [1.82, 2.24) is 24.7 Å². The van der Waals surface area contributed by atoms with Crippen molar-refractivity contribution in [1.29, 1.82) is 0 Å². The minimum absolute atomic E-state index is 0.154. The number of likely N-dealkylation sites (tertiary alicyclic amines) is 1. The maximum absolute atomic E-state index is 13.7. The number of amides is 2. The van der Waals surface area contributed by atoms with Crippen molar-refractivity contribution in [3.05, 3.63) is 29.8 Å². The van der Waals surface area contributed by atoms with Gasteiger partial charge in [-0.25, -0.2) is 14.2 Å². The Kier molecular flexibility index (Phi) is 3.88. The fourth-order valence-corrected chi connectivity index (χ4v) is 3.73. The van der Waals surface area contributed by atoms with Gasteiger partial charge in [0.1, 0.15) is 11.3 Å². The Morgan fingerprint density at radius 1 is 1.25 bits per heavy atom. The van der Waals surface area contributed by atoms with Gasteiger partial charge in [0.15, 0.2) is 5.82 Å². The third-order valence-electron chi connectivity index (χ3n) is 5.13. The monoisotopic (exact) mass is 331 g/mol. The van der Waals surface area contributed by atoms with E-state index in [2.05, 4.69) is 14.9 Å². The topological polar surface area (TPSA) is 55.5 Å². The first-order valence-electron chi connectivity index (χ1n) is 8.49. The highest BCUT2D eigenvalue weighted by Gasteiger charge is 2.33. The van der Waals surface area contributed by atoms with E-state index >= 15 is 0 Å². The number of urea groups is 1. The third kappa shape index (κ3) is 2.73. The van der Waals surface area contributed by atoms with Crippen molar-refractivity contribution in [3.63, 3.8) is 0 Å². The van der Waals surface area contributed by atoms with E-state index in [-0.39, 0.29) is 11.8 Å². The van der Waals surface area contributed by atoms with Crippen molar-refractivity contribution in [3.8, 4) is 0 Å². The summed E-state index contributed by atoms with van der Waals surface area (Å²) < 4.78 is 13.7. The lowest BCUT2D eigenvalue weighted by Gasteiger charge is -2.36. The fraction of sp³-hybridized carbons (Fsp3) is 0.529. The largest absolute Gasteiger partial charge is 0.341 e. The van der Waals surface area contributed by atoms with Gasteiger partial charge in [0, 0.05) is 39.3 Å². The number of hydrogen-bond donors (Lipinski definition) is 1. The van der Waals surface area contributed by atoms with Crippen LogP contribution in [0, 0.1) is 5.82 Å². The highest BCUT2D eigenvalue weighted by atomic mass is 19.1. The van der Waals surface area contributed by atoms with E-state index in [4.69, 9.17) is 0 Å². The number of H-pyrrole nitrogens is 1. The minimum Gasteiger partial charge on any atom is -0.341 e. The predicted molar refractivity (Wildman–Crippen MR) is 89.1 cm³/mol. The Bertz CT molecular complexity index is 753. The zero-order chi connectivity index (χ0) is 16.7. The number of para-hydroxylation sites is 1. The molecule has 6 nitrogen and oxygen atoms in total. The maximum atomic E-state index is 13.7. The van der Waals surface area contributed by atoms with Gasteiger partial charge in [-0.05, 0) is 25.0 Å². The van der Waals surface area contributed by atoms with Gasteiger partial charge in [-0.2, -0.15) is 0 Å². The molecule has 0 bridgehead atoms. The SMILES string of the molecule is CN1CCN(C2CCN(Cc3nc4c(F)cccc4[nH]3)CC2)C1=O. The highest BCUT2D eigenvalue weighted by molar-refractivity contribution is 5.76. The summed E-state index contributed by atoms with van der Waals surface area (Å²) in [7, 11) is 1.86. The first-order chi connectivity index (χ1) is 11.6. The predicted octanol–water partition coefficient (Wildman–Crippen LogP) is 2.03. The molecule has 4 rings (SSSR count). The molecule has 24 heavy (non-hydrogen) atoms. The van der Waals surface area contributed by atoms with E-state index in [1.165, 1.54) is 6.07 Å². The van der Waals surface area contributed by atoms with E-state index in [1.807, 2.05) is 18.0 Å². The molecule has 2 amide bonds. The van der Waals surface area contributed by atoms with E-state index in [9.17, 15) is 9.18 Å². The zero-order valence-corrected chi connectivity index (χ0v) is 13.8. The average Bonchev–Trinajstić information content (AvgIpc) is 3.13. The van der Waals surface area contributed by atoms with Gasteiger partial charge >= 0.3 is 6.03 Å². The fourth-order valence-electron chi connectivity index (χ4n) is 3.73. The number of likely N-dealkylation sites (N-methyl/N-ethyl adjacent to an activating group) is 1. The van der Waals surface area contributed by atoms with Gasteiger partial charge < -0.3 is 14.8 Å². The second kappa shape index (κ2) is 6.05. The molecule has 0 aliphatic carbocycles. The number of piperidine rings is 1. The molecule has 2 aromatic rings. The molecule has 2 saturated heterocycles. The number of benzene rings is 1. The zero-order valence-electron chi connectivity index (χ0n) is 13.8. The number of nitrogens with zero attached hydrogens (tertiary/aromatic N) is 4. The molecule has 7 heteroatoms. The number of aromatic amines is 1. The Balaban J connectivity index is 1.37. The Morgan fingerprint density at radius 3 is 2.71 bits per heavy atom. The summed E-state index contributed by atoms with van der Waals surface area (Å²) in [5.41, 5.74) is 1.15. The second-order valence-corrected chi connectivity index (χ2v) is 6.72. The number of hydrogen-bond acceptors (Lipinski definition) is 3. The van der Waals surface area contributed by atoms with Crippen molar-refractivity contribution < 1.29 is 9.18 Å². The smallest absolute Gasteiger partial charge is 0.320 e. The molecule has 2 aliphatic rings. The summed E-state index contributed by atoms with van der Waals surface area (Å²) in [6.45, 7) is 4.20. The maximum Gasteiger partial charge on any atom is 0.320 e. The summed E-state index contributed by atoms with van der Waals surface area (Å²) in [6.07, 6.45) is 1.96. The van der Waals surface area contributed by atoms with Crippen LogP contribution in [0.4, 0.5) is 9.18 Å². The summed E-state index contributed by atoms with van der Waals surface area (Å²) >= 11 is 0. The van der Waals surface area contributed by atoms with Gasteiger partial charge in [-0.1, -0.05) is 6.07 Å². The highest BCUT2D eigenvalue weighted by Crippen LogP contribution is 2.22. The number of imidazole rings is 1. The molecule has 0 spiro atoms. The lowest BCUT2D eigenvalue weighted by Crippen LogP contribution is -2.46. The van der Waals surface area contributed by atoms with Crippen LogP contribution in [-0.2, 0) is 6.54 Å². The summed E-state index contributed by atoms with van der Waals surface area (Å²) in [4.78, 5) is 25.8. The van der Waals surface area contributed by atoms with Crippen LogP contribution in [0.15, 0.2) is 18.2 Å². The molecule has 2 aliphatic heterocycles. The Labute approximate surface area is 140 Å². The van der Waals surface area contributed by atoms with Gasteiger partial charge in [0.2, 0.25) is 0 Å². The molecule has 1 aromatic carbocycles. The molecule has 1 N–H and O–H groups in total. The van der Waals surface area contributed by atoms with E-state index in [0.29, 0.717) is 18.1 Å². The van der Waals surface area contributed by atoms with Crippen LogP contribution in [0.3, 0.4) is 0 Å². The molecule has 128 valence electrons. The number of carbonyl (C=O) groups is 1. The average molecular weight is 331 g/mol. The van der Waals surface area contributed by atoms with Gasteiger partial charge in [0.25, 0.3) is 0 Å². The summed E-state index contributed by atoms with van der Waals surface area (Å²) in [6, 6.07) is 5.46. The lowest BCUT2D eigenvalue weighted by atomic mass is 10.0. The number of aromatic nitrogens is 2. The van der Waals surface area contributed by atoms with Crippen LogP contribution < -0.4 is 0 Å². The molecule has 3 heterocycles. The van der Waals surface area contributed by atoms with Crippen molar-refractivity contribution in [2.24, 2.45) is 0 Å². The molecule has 0 atom stereocenters. The number of fused-ring (bicyclic) bond motifs is 1. The standard InChI is InChI=1S/C17H22FN5O/c1-21-9-10-23(17(21)24)12-5-7-22(8-6-12)11-15-19-14-4-2-3-13(18)16(14)20-15/h2-4,12H,5-11H2,1H3,(H,19,20). The second-order valence-electron chi connectivity index (χ2n) is 6.72. The molecule has 2 fully saturated rings. The van der Waals surface area contributed by atoms with Crippen LogP contribution in [0.2, 0.25) is 0 Å². The summed E-state index contributed by atoms with van der Waals surface area (Å²) in [5.74, 6) is 0.510. The normalized spacial score (nSPS) is 20.5.